The molecule has 0 bridgehead atoms. The van der Waals surface area contributed by atoms with Gasteiger partial charge in [-0.2, -0.15) is 0 Å². The van der Waals surface area contributed by atoms with Crippen LogP contribution in [0.4, 0.5) is 4.79 Å². The summed E-state index contributed by atoms with van der Waals surface area (Å²) >= 11 is 0. The van der Waals surface area contributed by atoms with Crippen LogP contribution in [-0.4, -0.2) is 53.7 Å². The number of hydrogen-bond acceptors (Lipinski definition) is 4. The fraction of sp³-hybridized carbons (Fsp3) is 0.318. The Labute approximate surface area is 168 Å². The van der Waals surface area contributed by atoms with Gasteiger partial charge in [-0.25, -0.2) is 4.79 Å². The maximum absolute atomic E-state index is 12.3. The number of nitrogens with one attached hydrogen (secondary N) is 1. The molecule has 2 aliphatic rings. The smallest absolute Gasteiger partial charge is 0.407 e. The van der Waals surface area contributed by atoms with Crippen molar-refractivity contribution in [3.05, 3.63) is 59.7 Å². The number of carboxylic acids is 1. The van der Waals surface area contributed by atoms with Crippen molar-refractivity contribution in [3.63, 3.8) is 0 Å². The molecular formula is C22H22N2O5. The van der Waals surface area contributed by atoms with E-state index in [4.69, 9.17) is 9.84 Å². The van der Waals surface area contributed by atoms with E-state index in [1.165, 1.54) is 4.90 Å². The minimum absolute atomic E-state index is 0.0501. The van der Waals surface area contributed by atoms with E-state index < -0.39 is 24.0 Å². The number of benzene rings is 2. The van der Waals surface area contributed by atoms with Gasteiger partial charge in [-0.3, -0.25) is 9.59 Å². The topological polar surface area (TPSA) is 95.9 Å². The minimum Gasteiger partial charge on any atom is -0.481 e. The first kappa shape index (κ1) is 19.0. The number of carboxylic acid groups (broad SMARTS) is 1. The highest BCUT2D eigenvalue weighted by molar-refractivity contribution is 5.87. The summed E-state index contributed by atoms with van der Waals surface area (Å²) in [5.74, 6) is -1.80. The SMILES string of the molecule is C[C@@H](NC(=O)OCC1c2ccccc2-c2ccccc21)C(=O)N1CC(C(=O)O)C1. The van der Waals surface area contributed by atoms with Gasteiger partial charge in [-0.05, 0) is 29.2 Å². The first-order chi connectivity index (χ1) is 14.0. The fourth-order valence-corrected chi connectivity index (χ4v) is 3.97. The van der Waals surface area contributed by atoms with Crippen molar-refractivity contribution >= 4 is 18.0 Å². The molecular weight excluding hydrogens is 372 g/mol. The lowest BCUT2D eigenvalue weighted by molar-refractivity contribution is -0.153. The van der Waals surface area contributed by atoms with E-state index in [9.17, 15) is 14.4 Å². The molecule has 7 heteroatoms. The standard InChI is InChI=1S/C22H22N2O5/c1-13(20(25)24-10-14(11-24)21(26)27)23-22(28)29-12-19-17-8-4-2-6-15(17)16-7-3-5-9-18(16)19/h2-9,13-14,19H,10-12H2,1H3,(H,23,28)(H,26,27)/t13-/m1/s1. The lowest BCUT2D eigenvalue weighted by Crippen LogP contribution is -2.58. The number of alkyl carbamates (subject to hydrolysis) is 1. The molecule has 1 aliphatic carbocycles. The van der Waals surface area contributed by atoms with Gasteiger partial charge in [0.05, 0.1) is 5.92 Å². The second kappa shape index (κ2) is 7.58. The Morgan fingerprint density at radius 3 is 2.17 bits per heavy atom. The number of nitrogens with zero attached hydrogens (tertiary/aromatic N) is 1. The summed E-state index contributed by atoms with van der Waals surface area (Å²) in [7, 11) is 0. The van der Waals surface area contributed by atoms with E-state index in [0.29, 0.717) is 0 Å². The number of carbonyl (C=O) groups is 3. The predicted molar refractivity (Wildman–Crippen MR) is 105 cm³/mol. The van der Waals surface area contributed by atoms with E-state index in [0.717, 1.165) is 22.3 Å². The maximum Gasteiger partial charge on any atom is 0.407 e. The maximum atomic E-state index is 12.3. The number of rotatable bonds is 5. The molecule has 0 aromatic heterocycles. The van der Waals surface area contributed by atoms with E-state index >= 15 is 0 Å². The van der Waals surface area contributed by atoms with Gasteiger partial charge in [0.15, 0.2) is 0 Å². The Morgan fingerprint density at radius 2 is 1.62 bits per heavy atom. The molecule has 2 aromatic rings. The Hall–Kier alpha value is -3.35. The normalized spacial score (nSPS) is 16.4. The lowest BCUT2D eigenvalue weighted by Gasteiger charge is -2.38. The van der Waals surface area contributed by atoms with Crippen LogP contribution in [0.1, 0.15) is 24.0 Å². The summed E-state index contributed by atoms with van der Waals surface area (Å²) in [6.07, 6.45) is -0.664. The van der Waals surface area contributed by atoms with Crippen LogP contribution in [0.15, 0.2) is 48.5 Å². The third kappa shape index (κ3) is 3.55. The van der Waals surface area contributed by atoms with Crippen LogP contribution in [0.25, 0.3) is 11.1 Å². The van der Waals surface area contributed by atoms with Gasteiger partial charge >= 0.3 is 12.1 Å². The molecule has 2 amide bonds. The van der Waals surface area contributed by atoms with Gasteiger partial charge in [0.2, 0.25) is 5.91 Å². The minimum atomic E-state index is -0.911. The van der Waals surface area contributed by atoms with Crippen LogP contribution >= 0.6 is 0 Å². The van der Waals surface area contributed by atoms with Crippen molar-refractivity contribution in [1.82, 2.24) is 10.2 Å². The van der Waals surface area contributed by atoms with Crippen molar-refractivity contribution in [3.8, 4) is 11.1 Å². The molecule has 1 saturated heterocycles. The Bertz CT molecular complexity index is 922. The summed E-state index contributed by atoms with van der Waals surface area (Å²) in [4.78, 5) is 36.8. The number of likely N-dealkylation sites (tertiary alicyclic amines) is 1. The van der Waals surface area contributed by atoms with Crippen LogP contribution in [0.3, 0.4) is 0 Å². The van der Waals surface area contributed by atoms with Crippen LogP contribution in [0.5, 0.6) is 0 Å². The molecule has 2 aromatic carbocycles. The summed E-state index contributed by atoms with van der Waals surface area (Å²) in [6.45, 7) is 2.08. The van der Waals surface area contributed by atoms with Crippen molar-refractivity contribution in [1.29, 1.82) is 0 Å². The quantitative estimate of drug-likeness (QED) is 0.812. The van der Waals surface area contributed by atoms with E-state index in [1.807, 2.05) is 36.4 Å². The highest BCUT2D eigenvalue weighted by Crippen LogP contribution is 2.44. The summed E-state index contributed by atoms with van der Waals surface area (Å²) in [5, 5.41) is 11.4. The summed E-state index contributed by atoms with van der Waals surface area (Å²) in [5.41, 5.74) is 4.52. The van der Waals surface area contributed by atoms with E-state index in [1.54, 1.807) is 6.92 Å². The second-order valence-corrected chi connectivity index (χ2v) is 7.47. The average Bonchev–Trinajstić information content (AvgIpc) is 2.98. The van der Waals surface area contributed by atoms with E-state index in [2.05, 4.69) is 17.4 Å². The Kier molecular flexibility index (Phi) is 4.96. The van der Waals surface area contributed by atoms with Gasteiger partial charge in [0.25, 0.3) is 0 Å². The van der Waals surface area contributed by atoms with Gasteiger partial charge in [-0.1, -0.05) is 48.5 Å². The highest BCUT2D eigenvalue weighted by Gasteiger charge is 2.37. The predicted octanol–water partition coefficient (Wildman–Crippen LogP) is 2.46. The first-order valence-electron chi connectivity index (χ1n) is 9.59. The number of amides is 2. The number of hydrogen-bond donors (Lipinski definition) is 2. The number of carbonyl (C=O) groups excluding carboxylic acids is 2. The Balaban J connectivity index is 1.34. The summed E-state index contributed by atoms with van der Waals surface area (Å²) < 4.78 is 5.44. The third-order valence-corrected chi connectivity index (χ3v) is 5.59. The van der Waals surface area contributed by atoms with Crippen LogP contribution < -0.4 is 5.32 Å². The molecule has 1 fully saturated rings. The fourth-order valence-electron chi connectivity index (χ4n) is 3.97. The zero-order chi connectivity index (χ0) is 20.5. The summed E-state index contributed by atoms with van der Waals surface area (Å²) in [6, 6.07) is 15.3. The average molecular weight is 394 g/mol. The molecule has 0 radical (unpaired) electrons. The van der Waals surface area contributed by atoms with Gasteiger partial charge < -0.3 is 20.1 Å². The molecule has 1 heterocycles. The highest BCUT2D eigenvalue weighted by atomic mass is 16.5. The van der Waals surface area contributed by atoms with E-state index in [-0.39, 0.29) is 31.5 Å². The lowest BCUT2D eigenvalue weighted by atomic mass is 9.98. The molecule has 150 valence electrons. The molecule has 7 nitrogen and oxygen atoms in total. The van der Waals surface area contributed by atoms with Gasteiger partial charge in [0, 0.05) is 19.0 Å². The molecule has 1 aliphatic heterocycles. The molecule has 1 atom stereocenters. The van der Waals surface area contributed by atoms with Crippen molar-refractivity contribution < 1.29 is 24.2 Å². The third-order valence-electron chi connectivity index (χ3n) is 5.59. The van der Waals surface area contributed by atoms with Crippen LogP contribution in [-0.2, 0) is 14.3 Å². The van der Waals surface area contributed by atoms with Gasteiger partial charge in [0.1, 0.15) is 12.6 Å². The molecule has 4 rings (SSSR count). The second-order valence-electron chi connectivity index (χ2n) is 7.47. The Morgan fingerprint density at radius 1 is 1.07 bits per heavy atom. The van der Waals surface area contributed by atoms with Crippen molar-refractivity contribution in [2.45, 2.75) is 18.9 Å². The number of aliphatic carboxylic acids is 1. The van der Waals surface area contributed by atoms with Crippen LogP contribution in [0, 0.1) is 5.92 Å². The monoisotopic (exact) mass is 394 g/mol. The zero-order valence-corrected chi connectivity index (χ0v) is 16.0. The zero-order valence-electron chi connectivity index (χ0n) is 16.0. The molecule has 0 spiro atoms. The van der Waals surface area contributed by atoms with Crippen molar-refractivity contribution in [2.75, 3.05) is 19.7 Å². The molecule has 29 heavy (non-hydrogen) atoms. The first-order valence-corrected chi connectivity index (χ1v) is 9.59. The van der Waals surface area contributed by atoms with Gasteiger partial charge in [-0.15, -0.1) is 0 Å². The van der Waals surface area contributed by atoms with Crippen LogP contribution in [0.2, 0.25) is 0 Å². The number of ether oxygens (including phenoxy) is 1. The molecule has 0 unspecified atom stereocenters. The number of fused-ring (bicyclic) bond motifs is 3. The van der Waals surface area contributed by atoms with Crippen molar-refractivity contribution in [2.24, 2.45) is 5.92 Å². The molecule has 0 saturated carbocycles. The largest absolute Gasteiger partial charge is 0.481 e. The molecule has 2 N–H and O–H groups in total.